The number of nitrogens with zero attached hydrogens (tertiary/aromatic N) is 3. The molecule has 0 atom stereocenters. The smallest absolute Gasteiger partial charge is 0.319 e. The van der Waals surface area contributed by atoms with Crippen LogP contribution in [0.3, 0.4) is 0 Å². The number of nitro benzene ring substituents is 1. The number of amides is 2. The van der Waals surface area contributed by atoms with E-state index in [0.717, 1.165) is 11.4 Å². The summed E-state index contributed by atoms with van der Waals surface area (Å²) in [6, 6.07) is 7.17. The Balaban J connectivity index is 1.92. The number of non-ortho nitro benzene ring substituents is 1. The number of urea groups is 1. The summed E-state index contributed by atoms with van der Waals surface area (Å²) in [7, 11) is 1.82. The van der Waals surface area contributed by atoms with Crippen LogP contribution in [-0.2, 0) is 13.6 Å². The van der Waals surface area contributed by atoms with Gasteiger partial charge in [0.2, 0.25) is 0 Å². The van der Waals surface area contributed by atoms with Gasteiger partial charge >= 0.3 is 6.03 Å². The molecule has 2 rings (SSSR count). The van der Waals surface area contributed by atoms with Gasteiger partial charge in [0.15, 0.2) is 0 Å². The summed E-state index contributed by atoms with van der Waals surface area (Å²) in [4.78, 5) is 21.9. The highest BCUT2D eigenvalue weighted by molar-refractivity contribution is 5.89. The molecule has 0 aliphatic carbocycles. The molecule has 2 aromatic rings. The first-order valence-electron chi connectivity index (χ1n) is 6.24. The van der Waals surface area contributed by atoms with Gasteiger partial charge in [-0.3, -0.25) is 14.8 Å². The van der Waals surface area contributed by atoms with Crippen molar-refractivity contribution < 1.29 is 9.72 Å². The van der Waals surface area contributed by atoms with E-state index in [4.69, 9.17) is 0 Å². The van der Waals surface area contributed by atoms with Crippen molar-refractivity contribution in [1.29, 1.82) is 0 Å². The van der Waals surface area contributed by atoms with Crippen LogP contribution in [0.4, 0.5) is 16.2 Å². The molecule has 1 aromatic carbocycles. The Morgan fingerprint density at radius 1 is 1.43 bits per heavy atom. The summed E-state index contributed by atoms with van der Waals surface area (Å²) in [5, 5.41) is 20.0. The highest BCUT2D eigenvalue weighted by atomic mass is 16.6. The first-order valence-corrected chi connectivity index (χ1v) is 6.24. The maximum absolute atomic E-state index is 11.7. The predicted octanol–water partition coefficient (Wildman–Crippen LogP) is 1.96. The van der Waals surface area contributed by atoms with Crippen LogP contribution in [0.5, 0.6) is 0 Å². The van der Waals surface area contributed by atoms with E-state index in [-0.39, 0.29) is 12.2 Å². The Morgan fingerprint density at radius 3 is 2.81 bits per heavy atom. The average Bonchev–Trinajstić information content (AvgIpc) is 2.76. The minimum Gasteiger partial charge on any atom is -0.332 e. The molecule has 0 aliphatic rings. The lowest BCUT2D eigenvalue weighted by molar-refractivity contribution is -0.384. The summed E-state index contributed by atoms with van der Waals surface area (Å²) >= 11 is 0. The van der Waals surface area contributed by atoms with Crippen LogP contribution in [0.1, 0.15) is 11.4 Å². The molecule has 0 unspecified atom stereocenters. The Kier molecular flexibility index (Phi) is 4.17. The molecule has 2 N–H and O–H groups in total. The van der Waals surface area contributed by atoms with E-state index in [1.54, 1.807) is 10.7 Å². The first-order chi connectivity index (χ1) is 9.95. The largest absolute Gasteiger partial charge is 0.332 e. The zero-order chi connectivity index (χ0) is 15.4. The van der Waals surface area contributed by atoms with E-state index in [2.05, 4.69) is 15.7 Å². The normalized spacial score (nSPS) is 10.2. The molecule has 21 heavy (non-hydrogen) atoms. The number of aryl methyl sites for hydroxylation is 2. The minimum absolute atomic E-state index is 0.0758. The standard InChI is InChI=1S/C13H15N5O3/c1-9-6-11(16-17(9)2)8-14-13(19)15-10-4-3-5-12(7-10)18(20)21/h3-7H,8H2,1-2H3,(H2,14,15,19). The van der Waals surface area contributed by atoms with Gasteiger partial charge in [0, 0.05) is 30.6 Å². The Bertz CT molecular complexity index is 661. The van der Waals surface area contributed by atoms with E-state index in [9.17, 15) is 14.9 Å². The van der Waals surface area contributed by atoms with E-state index < -0.39 is 11.0 Å². The molecule has 0 saturated heterocycles. The number of carbonyl (C=O) groups is 1. The second-order valence-electron chi connectivity index (χ2n) is 4.52. The molecule has 110 valence electrons. The predicted molar refractivity (Wildman–Crippen MR) is 76.9 cm³/mol. The molecule has 0 spiro atoms. The van der Waals surface area contributed by atoms with E-state index in [1.807, 2.05) is 20.0 Å². The van der Waals surface area contributed by atoms with Crippen molar-refractivity contribution >= 4 is 17.4 Å². The Hall–Kier alpha value is -2.90. The van der Waals surface area contributed by atoms with Gasteiger partial charge in [0.25, 0.3) is 5.69 Å². The van der Waals surface area contributed by atoms with Crippen molar-refractivity contribution in [3.8, 4) is 0 Å². The van der Waals surface area contributed by atoms with Crippen molar-refractivity contribution in [1.82, 2.24) is 15.1 Å². The quantitative estimate of drug-likeness (QED) is 0.663. The molecule has 0 fully saturated rings. The number of nitro groups is 1. The molecular formula is C13H15N5O3. The van der Waals surface area contributed by atoms with Gasteiger partial charge in [-0.1, -0.05) is 6.07 Å². The molecule has 0 aliphatic heterocycles. The maximum atomic E-state index is 11.7. The average molecular weight is 289 g/mol. The van der Waals surface area contributed by atoms with Crippen LogP contribution in [0.2, 0.25) is 0 Å². The lowest BCUT2D eigenvalue weighted by atomic mass is 10.3. The summed E-state index contributed by atoms with van der Waals surface area (Å²) in [5.74, 6) is 0. The van der Waals surface area contributed by atoms with Crippen LogP contribution in [-0.4, -0.2) is 20.7 Å². The second-order valence-corrected chi connectivity index (χ2v) is 4.52. The fourth-order valence-corrected chi connectivity index (χ4v) is 1.76. The van der Waals surface area contributed by atoms with Gasteiger partial charge in [0.1, 0.15) is 0 Å². The van der Waals surface area contributed by atoms with Crippen molar-refractivity contribution in [2.24, 2.45) is 7.05 Å². The first kappa shape index (κ1) is 14.5. The third kappa shape index (κ3) is 3.78. The number of hydrogen-bond acceptors (Lipinski definition) is 4. The number of rotatable bonds is 4. The Morgan fingerprint density at radius 2 is 2.19 bits per heavy atom. The minimum atomic E-state index is -0.514. The summed E-state index contributed by atoms with van der Waals surface area (Å²) in [6.07, 6.45) is 0. The van der Waals surface area contributed by atoms with Crippen LogP contribution < -0.4 is 10.6 Å². The van der Waals surface area contributed by atoms with Crippen molar-refractivity contribution in [2.45, 2.75) is 13.5 Å². The van der Waals surface area contributed by atoms with Crippen LogP contribution in [0.25, 0.3) is 0 Å². The van der Waals surface area contributed by atoms with Crippen LogP contribution in [0.15, 0.2) is 30.3 Å². The maximum Gasteiger partial charge on any atom is 0.319 e. The van der Waals surface area contributed by atoms with Crippen molar-refractivity contribution in [3.63, 3.8) is 0 Å². The highest BCUT2D eigenvalue weighted by Gasteiger charge is 2.08. The number of benzene rings is 1. The van der Waals surface area contributed by atoms with E-state index in [0.29, 0.717) is 5.69 Å². The zero-order valence-corrected chi connectivity index (χ0v) is 11.7. The monoisotopic (exact) mass is 289 g/mol. The fourth-order valence-electron chi connectivity index (χ4n) is 1.76. The molecular weight excluding hydrogens is 274 g/mol. The molecule has 1 aromatic heterocycles. The summed E-state index contributed by atoms with van der Waals surface area (Å²) in [5.41, 5.74) is 2.02. The molecule has 8 nitrogen and oxygen atoms in total. The number of aromatic nitrogens is 2. The third-order valence-corrected chi connectivity index (χ3v) is 2.91. The van der Waals surface area contributed by atoms with E-state index >= 15 is 0 Å². The fraction of sp³-hybridized carbons (Fsp3) is 0.231. The van der Waals surface area contributed by atoms with E-state index in [1.165, 1.54) is 18.2 Å². The van der Waals surface area contributed by atoms with Crippen molar-refractivity contribution in [2.75, 3.05) is 5.32 Å². The SMILES string of the molecule is Cc1cc(CNC(=O)Nc2cccc([N+](=O)[O-])c2)nn1C. The highest BCUT2D eigenvalue weighted by Crippen LogP contribution is 2.16. The number of carbonyl (C=O) groups excluding carboxylic acids is 1. The van der Waals surface area contributed by atoms with Gasteiger partial charge < -0.3 is 10.6 Å². The van der Waals surface area contributed by atoms with Gasteiger partial charge in [-0.2, -0.15) is 5.10 Å². The van der Waals surface area contributed by atoms with Crippen LogP contribution >= 0.6 is 0 Å². The number of hydrogen-bond donors (Lipinski definition) is 2. The number of nitrogens with one attached hydrogen (secondary N) is 2. The van der Waals surface area contributed by atoms with Crippen molar-refractivity contribution in [3.05, 3.63) is 51.8 Å². The summed E-state index contributed by atoms with van der Waals surface area (Å²) < 4.78 is 1.72. The lowest BCUT2D eigenvalue weighted by Crippen LogP contribution is -2.28. The molecule has 0 radical (unpaired) electrons. The lowest BCUT2D eigenvalue weighted by Gasteiger charge is -2.06. The third-order valence-electron chi connectivity index (χ3n) is 2.91. The molecule has 0 bridgehead atoms. The second kappa shape index (κ2) is 6.04. The number of anilines is 1. The topological polar surface area (TPSA) is 102 Å². The zero-order valence-electron chi connectivity index (χ0n) is 11.7. The van der Waals surface area contributed by atoms with Gasteiger partial charge in [-0.05, 0) is 19.1 Å². The summed E-state index contributed by atoms with van der Waals surface area (Å²) in [6.45, 7) is 2.20. The van der Waals surface area contributed by atoms with Crippen LogP contribution in [0, 0.1) is 17.0 Å². The van der Waals surface area contributed by atoms with Gasteiger partial charge in [-0.25, -0.2) is 4.79 Å². The molecule has 0 saturated carbocycles. The van der Waals surface area contributed by atoms with Gasteiger partial charge in [0.05, 0.1) is 17.2 Å². The van der Waals surface area contributed by atoms with Gasteiger partial charge in [-0.15, -0.1) is 0 Å². The Labute approximate surface area is 120 Å². The molecule has 8 heteroatoms. The molecule has 2 amide bonds. The molecule has 1 heterocycles.